The molecule has 2 aromatic rings. The van der Waals surface area contributed by atoms with Gasteiger partial charge < -0.3 is 24.1 Å². The number of nitrogens with zero attached hydrogens (tertiary/aromatic N) is 1. The fraction of sp³-hybridized carbons (Fsp3) is 0.391. The molecular formula is C23H26N2O7. The number of benzene rings is 1. The van der Waals surface area contributed by atoms with Gasteiger partial charge in [0.2, 0.25) is 11.7 Å². The molecule has 2 heterocycles. The first-order chi connectivity index (χ1) is 15.2. The molecule has 1 aromatic heterocycles. The van der Waals surface area contributed by atoms with E-state index in [-0.39, 0.29) is 30.3 Å². The number of amides is 1. The van der Waals surface area contributed by atoms with Crippen LogP contribution in [0.2, 0.25) is 0 Å². The maximum absolute atomic E-state index is 12.5. The van der Waals surface area contributed by atoms with E-state index in [4.69, 9.17) is 14.2 Å². The van der Waals surface area contributed by atoms with Gasteiger partial charge in [-0.2, -0.15) is 0 Å². The fourth-order valence-corrected chi connectivity index (χ4v) is 3.99. The Hall–Kier alpha value is -3.62. The Morgan fingerprint density at radius 1 is 1.12 bits per heavy atom. The number of esters is 1. The van der Waals surface area contributed by atoms with E-state index in [9.17, 15) is 19.2 Å². The average Bonchev–Trinajstić information content (AvgIpc) is 3.30. The molecule has 3 rings (SSSR count). The smallest absolute Gasteiger partial charge is 0.311 e. The van der Waals surface area contributed by atoms with E-state index in [0.717, 1.165) is 0 Å². The summed E-state index contributed by atoms with van der Waals surface area (Å²) in [5, 5.41) is 0. The molecule has 1 unspecified atom stereocenters. The predicted octanol–water partition coefficient (Wildman–Crippen LogP) is 2.63. The van der Waals surface area contributed by atoms with Crippen molar-refractivity contribution in [2.24, 2.45) is 5.92 Å². The first-order valence-electron chi connectivity index (χ1n) is 10.1. The molecule has 32 heavy (non-hydrogen) atoms. The number of aryl methyl sites for hydroxylation is 1. The summed E-state index contributed by atoms with van der Waals surface area (Å²) in [5.41, 5.74) is 2.42. The number of methoxy groups -OCH3 is 2. The highest BCUT2D eigenvalue weighted by Gasteiger charge is 2.37. The van der Waals surface area contributed by atoms with Gasteiger partial charge in [-0.25, -0.2) is 0 Å². The van der Waals surface area contributed by atoms with Crippen molar-refractivity contribution in [1.29, 1.82) is 0 Å². The number of anilines is 1. The van der Waals surface area contributed by atoms with Crippen molar-refractivity contribution in [2.75, 3.05) is 32.3 Å². The molecule has 1 aliphatic heterocycles. The van der Waals surface area contributed by atoms with Crippen LogP contribution in [-0.2, 0) is 14.3 Å². The number of carbonyl (C=O) groups excluding carboxylic acids is 4. The zero-order valence-corrected chi connectivity index (χ0v) is 18.7. The van der Waals surface area contributed by atoms with Crippen LogP contribution in [0.5, 0.6) is 11.5 Å². The number of rotatable bonds is 8. The molecule has 1 aromatic carbocycles. The maximum Gasteiger partial charge on any atom is 0.311 e. The quantitative estimate of drug-likeness (QED) is 0.494. The zero-order chi connectivity index (χ0) is 23.6. The second kappa shape index (κ2) is 9.25. The Morgan fingerprint density at radius 2 is 1.81 bits per heavy atom. The van der Waals surface area contributed by atoms with Gasteiger partial charge in [-0.15, -0.1) is 0 Å². The molecule has 1 fully saturated rings. The SMILES string of the molecule is COc1ccc(N2CC(C(=O)OCC(=O)c3[nH]c(C)c(C(C)=O)c3C)CC2=O)cc1OC. The highest BCUT2D eigenvalue weighted by Crippen LogP contribution is 2.34. The fourth-order valence-electron chi connectivity index (χ4n) is 3.99. The van der Waals surface area contributed by atoms with Crippen molar-refractivity contribution in [3.05, 3.63) is 40.7 Å². The van der Waals surface area contributed by atoms with E-state index >= 15 is 0 Å². The van der Waals surface area contributed by atoms with Crippen molar-refractivity contribution >= 4 is 29.1 Å². The van der Waals surface area contributed by atoms with Crippen molar-refractivity contribution in [3.63, 3.8) is 0 Å². The normalized spacial score (nSPS) is 15.6. The highest BCUT2D eigenvalue weighted by atomic mass is 16.5. The monoisotopic (exact) mass is 442 g/mol. The summed E-state index contributed by atoms with van der Waals surface area (Å²) in [6, 6.07) is 5.05. The molecule has 1 atom stereocenters. The number of hydrogen-bond donors (Lipinski definition) is 1. The van der Waals surface area contributed by atoms with Gasteiger partial charge in [-0.1, -0.05) is 0 Å². The number of ketones is 2. The Kier molecular flexibility index (Phi) is 6.67. The van der Waals surface area contributed by atoms with Gasteiger partial charge in [-0.05, 0) is 38.5 Å². The van der Waals surface area contributed by atoms with Crippen molar-refractivity contribution in [3.8, 4) is 11.5 Å². The molecule has 9 nitrogen and oxygen atoms in total. The summed E-state index contributed by atoms with van der Waals surface area (Å²) >= 11 is 0. The predicted molar refractivity (Wildman–Crippen MR) is 116 cm³/mol. The molecule has 1 aliphatic rings. The van der Waals surface area contributed by atoms with Gasteiger partial charge >= 0.3 is 5.97 Å². The number of H-pyrrole nitrogens is 1. The van der Waals surface area contributed by atoms with E-state index in [1.165, 1.54) is 26.0 Å². The summed E-state index contributed by atoms with van der Waals surface area (Å²) in [4.78, 5) is 53.7. The molecule has 0 spiro atoms. The summed E-state index contributed by atoms with van der Waals surface area (Å²) in [5.74, 6) is -1.13. The zero-order valence-electron chi connectivity index (χ0n) is 18.7. The maximum atomic E-state index is 12.5. The topological polar surface area (TPSA) is 115 Å². The number of aromatic amines is 1. The number of ether oxygens (including phenoxy) is 3. The number of hydrogen-bond acceptors (Lipinski definition) is 7. The Morgan fingerprint density at radius 3 is 2.41 bits per heavy atom. The third kappa shape index (κ3) is 4.37. The molecular weight excluding hydrogens is 416 g/mol. The van der Waals surface area contributed by atoms with Gasteiger partial charge in [-0.3, -0.25) is 19.2 Å². The first-order valence-corrected chi connectivity index (χ1v) is 10.1. The van der Waals surface area contributed by atoms with Gasteiger partial charge in [0, 0.05) is 36.0 Å². The van der Waals surface area contributed by atoms with E-state index < -0.39 is 24.3 Å². The van der Waals surface area contributed by atoms with Crippen molar-refractivity contribution < 1.29 is 33.4 Å². The molecule has 1 saturated heterocycles. The summed E-state index contributed by atoms with van der Waals surface area (Å²) in [7, 11) is 3.01. The minimum absolute atomic E-state index is 0.0174. The van der Waals surface area contributed by atoms with E-state index in [1.807, 2.05) is 0 Å². The van der Waals surface area contributed by atoms with Crippen LogP contribution >= 0.6 is 0 Å². The first kappa shape index (κ1) is 23.1. The van der Waals surface area contributed by atoms with Crippen molar-refractivity contribution in [2.45, 2.75) is 27.2 Å². The Labute approximate surface area is 185 Å². The minimum Gasteiger partial charge on any atom is -0.493 e. The van der Waals surface area contributed by atoms with Crippen LogP contribution in [0.3, 0.4) is 0 Å². The van der Waals surface area contributed by atoms with Crippen LogP contribution in [0.25, 0.3) is 0 Å². The lowest BCUT2D eigenvalue weighted by Gasteiger charge is -2.18. The molecule has 1 N–H and O–H groups in total. The van der Waals surface area contributed by atoms with E-state index in [0.29, 0.717) is 34.0 Å². The van der Waals surface area contributed by atoms with Gasteiger partial charge in [0.25, 0.3) is 0 Å². The van der Waals surface area contributed by atoms with Crippen LogP contribution in [0.15, 0.2) is 18.2 Å². The molecule has 0 saturated carbocycles. The van der Waals surface area contributed by atoms with E-state index in [2.05, 4.69) is 4.98 Å². The lowest BCUT2D eigenvalue weighted by molar-refractivity contribution is -0.147. The molecule has 0 aliphatic carbocycles. The van der Waals surface area contributed by atoms with Gasteiger partial charge in [0.15, 0.2) is 23.9 Å². The minimum atomic E-state index is -0.692. The number of aromatic nitrogens is 1. The average molecular weight is 442 g/mol. The van der Waals surface area contributed by atoms with Gasteiger partial charge in [0.1, 0.15) is 0 Å². The molecule has 0 radical (unpaired) electrons. The summed E-state index contributed by atoms with van der Waals surface area (Å²) in [6.07, 6.45) is -0.0174. The number of Topliss-reactive ketones (excluding diaryl/α,β-unsaturated/α-hetero) is 2. The molecule has 170 valence electrons. The van der Waals surface area contributed by atoms with Crippen LogP contribution in [-0.4, -0.2) is 55.8 Å². The molecule has 1 amide bonds. The van der Waals surface area contributed by atoms with Crippen LogP contribution in [0.4, 0.5) is 5.69 Å². The second-order valence-electron chi connectivity index (χ2n) is 7.66. The summed E-state index contributed by atoms with van der Waals surface area (Å²) < 4.78 is 15.7. The van der Waals surface area contributed by atoms with Crippen molar-refractivity contribution in [1.82, 2.24) is 4.98 Å². The lowest BCUT2D eigenvalue weighted by Crippen LogP contribution is -2.27. The third-order valence-corrected chi connectivity index (χ3v) is 5.55. The molecule has 9 heteroatoms. The third-order valence-electron chi connectivity index (χ3n) is 5.55. The van der Waals surface area contributed by atoms with Crippen LogP contribution < -0.4 is 14.4 Å². The number of carbonyl (C=O) groups is 4. The molecule has 0 bridgehead atoms. The standard InChI is InChI=1S/C23H26N2O7/c1-12-21(14(3)26)13(2)24-22(12)17(27)11-32-23(29)15-8-20(28)25(10-15)16-6-7-18(30-4)19(9-16)31-5/h6-7,9,15,24H,8,10-11H2,1-5H3. The van der Waals surface area contributed by atoms with Crippen LogP contribution in [0, 0.1) is 19.8 Å². The highest BCUT2D eigenvalue weighted by molar-refractivity contribution is 6.04. The largest absolute Gasteiger partial charge is 0.493 e. The lowest BCUT2D eigenvalue weighted by atomic mass is 10.1. The summed E-state index contributed by atoms with van der Waals surface area (Å²) in [6.45, 7) is 4.47. The Balaban J connectivity index is 1.65. The van der Waals surface area contributed by atoms with E-state index in [1.54, 1.807) is 32.0 Å². The number of nitrogens with one attached hydrogen (secondary N) is 1. The van der Waals surface area contributed by atoms with Gasteiger partial charge in [0.05, 0.1) is 25.8 Å². The Bertz CT molecular complexity index is 1090. The second-order valence-corrected chi connectivity index (χ2v) is 7.66. The van der Waals surface area contributed by atoms with Crippen LogP contribution in [0.1, 0.15) is 45.4 Å².